The summed E-state index contributed by atoms with van der Waals surface area (Å²) in [4.78, 5) is 0.123. The van der Waals surface area contributed by atoms with Crippen LogP contribution in [0.4, 0.5) is 0 Å². The molecule has 7 heteroatoms. The van der Waals surface area contributed by atoms with Gasteiger partial charge in [0.1, 0.15) is 0 Å². The zero-order chi connectivity index (χ0) is 23.5. The van der Waals surface area contributed by atoms with Crippen molar-refractivity contribution in [2.45, 2.75) is 38.1 Å². The summed E-state index contributed by atoms with van der Waals surface area (Å²) in [5.41, 5.74) is 1.27. The topological polar surface area (TPSA) is 71.1 Å². The lowest BCUT2D eigenvalue weighted by atomic mass is 9.91. The molecule has 0 unspecified atom stereocenters. The Morgan fingerprint density at radius 3 is 2.24 bits per heavy atom. The molecular weight excluding hydrogens is 440 g/mol. The van der Waals surface area contributed by atoms with E-state index in [1.54, 1.807) is 24.3 Å². The molecule has 0 aliphatic carbocycles. The second-order valence-corrected chi connectivity index (χ2v) is 10.8. The van der Waals surface area contributed by atoms with E-state index in [0.29, 0.717) is 6.61 Å². The number of benzene rings is 3. The lowest BCUT2D eigenvalue weighted by Gasteiger charge is -2.42. The highest BCUT2D eigenvalue weighted by atomic mass is 32.2. The quantitative estimate of drug-likeness (QED) is 0.439. The molecule has 33 heavy (non-hydrogen) atoms. The van der Waals surface area contributed by atoms with E-state index < -0.39 is 21.3 Å². The summed E-state index contributed by atoms with van der Waals surface area (Å²) in [5.74, 6) is -0.738. The van der Waals surface area contributed by atoms with Crippen LogP contribution in [0.2, 0.25) is 0 Å². The van der Waals surface area contributed by atoms with Crippen molar-refractivity contribution in [3.8, 4) is 0 Å². The van der Waals surface area contributed by atoms with Crippen molar-refractivity contribution < 1.29 is 26.8 Å². The van der Waals surface area contributed by atoms with Crippen LogP contribution in [0.5, 0.6) is 0 Å². The summed E-state index contributed by atoms with van der Waals surface area (Å²) in [6, 6.07) is 20.9. The SMILES string of the molecule is Cc1ccc(S(=O)(=O)OCC2(COCc3ccc4ccccc4c3)COC(C)(C)OC2)cc1. The van der Waals surface area contributed by atoms with Gasteiger partial charge in [0.05, 0.1) is 43.3 Å². The summed E-state index contributed by atoms with van der Waals surface area (Å²) in [7, 11) is -3.91. The first-order chi connectivity index (χ1) is 15.7. The first kappa shape index (κ1) is 23.9. The van der Waals surface area contributed by atoms with Gasteiger partial charge < -0.3 is 14.2 Å². The first-order valence-corrected chi connectivity index (χ1v) is 12.4. The predicted octanol–water partition coefficient (Wildman–Crippen LogP) is 4.84. The Balaban J connectivity index is 1.44. The molecule has 4 rings (SSSR count). The largest absolute Gasteiger partial charge is 0.376 e. The maximum atomic E-state index is 12.7. The number of hydrogen-bond acceptors (Lipinski definition) is 6. The Morgan fingerprint density at radius 1 is 0.879 bits per heavy atom. The zero-order valence-electron chi connectivity index (χ0n) is 19.2. The Labute approximate surface area is 195 Å². The molecular formula is C26H30O6S. The van der Waals surface area contributed by atoms with E-state index >= 15 is 0 Å². The summed E-state index contributed by atoms with van der Waals surface area (Å²) in [5, 5.41) is 2.32. The number of fused-ring (bicyclic) bond motifs is 1. The van der Waals surface area contributed by atoms with Crippen molar-refractivity contribution in [2.75, 3.05) is 26.4 Å². The first-order valence-electron chi connectivity index (χ1n) is 11.0. The van der Waals surface area contributed by atoms with Crippen molar-refractivity contribution >= 4 is 20.9 Å². The number of rotatable bonds is 8. The van der Waals surface area contributed by atoms with E-state index in [2.05, 4.69) is 24.3 Å². The summed E-state index contributed by atoms with van der Waals surface area (Å²) < 4.78 is 48.7. The van der Waals surface area contributed by atoms with Gasteiger partial charge in [-0.3, -0.25) is 4.18 Å². The van der Waals surface area contributed by atoms with E-state index in [-0.39, 0.29) is 31.3 Å². The van der Waals surface area contributed by atoms with Gasteiger partial charge in [-0.1, -0.05) is 54.1 Å². The van der Waals surface area contributed by atoms with Crippen molar-refractivity contribution in [1.82, 2.24) is 0 Å². The molecule has 0 saturated carbocycles. The molecule has 0 aromatic heterocycles. The Bertz CT molecular complexity index is 1190. The standard InChI is InChI=1S/C26H30O6S/c1-20-8-12-24(13-9-20)33(27,28)32-19-26(17-30-25(2,3)31-18-26)16-29-15-21-10-11-22-6-4-5-7-23(22)14-21/h4-14H,15-19H2,1-3H3. The van der Waals surface area contributed by atoms with E-state index in [0.717, 1.165) is 16.5 Å². The maximum Gasteiger partial charge on any atom is 0.296 e. The van der Waals surface area contributed by atoms with Gasteiger partial charge in [0.2, 0.25) is 0 Å². The minimum absolute atomic E-state index is 0.100. The van der Waals surface area contributed by atoms with Gasteiger partial charge >= 0.3 is 0 Å². The molecule has 0 bridgehead atoms. The number of hydrogen-bond donors (Lipinski definition) is 0. The molecule has 1 saturated heterocycles. The highest BCUT2D eigenvalue weighted by molar-refractivity contribution is 7.86. The molecule has 3 aromatic carbocycles. The summed E-state index contributed by atoms with van der Waals surface area (Å²) >= 11 is 0. The van der Waals surface area contributed by atoms with Crippen LogP contribution in [0, 0.1) is 12.3 Å². The zero-order valence-corrected chi connectivity index (χ0v) is 20.1. The van der Waals surface area contributed by atoms with Gasteiger partial charge in [0.15, 0.2) is 5.79 Å². The minimum atomic E-state index is -3.91. The second kappa shape index (κ2) is 9.52. The van der Waals surface area contributed by atoms with Gasteiger partial charge in [-0.15, -0.1) is 0 Å². The molecule has 6 nitrogen and oxygen atoms in total. The predicted molar refractivity (Wildman–Crippen MR) is 126 cm³/mol. The van der Waals surface area contributed by atoms with Crippen LogP contribution in [0.1, 0.15) is 25.0 Å². The van der Waals surface area contributed by atoms with Crippen LogP contribution in [-0.2, 0) is 35.1 Å². The molecule has 1 fully saturated rings. The second-order valence-electron chi connectivity index (χ2n) is 9.18. The normalized spacial score (nSPS) is 17.8. The van der Waals surface area contributed by atoms with Crippen LogP contribution in [0.3, 0.4) is 0 Å². The third-order valence-corrected chi connectivity index (χ3v) is 7.05. The van der Waals surface area contributed by atoms with Gasteiger partial charge in [-0.25, -0.2) is 0 Å². The minimum Gasteiger partial charge on any atom is -0.376 e. The average molecular weight is 471 g/mol. The van der Waals surface area contributed by atoms with Crippen LogP contribution in [-0.4, -0.2) is 40.6 Å². The van der Waals surface area contributed by atoms with Crippen molar-refractivity contribution in [3.63, 3.8) is 0 Å². The fourth-order valence-electron chi connectivity index (χ4n) is 3.63. The van der Waals surface area contributed by atoms with Crippen LogP contribution >= 0.6 is 0 Å². The van der Waals surface area contributed by atoms with E-state index in [1.807, 2.05) is 39.0 Å². The Morgan fingerprint density at radius 2 is 1.55 bits per heavy atom. The van der Waals surface area contributed by atoms with Gasteiger partial charge in [-0.05, 0) is 55.3 Å². The summed E-state index contributed by atoms with van der Waals surface area (Å²) in [6.07, 6.45) is 0. The highest BCUT2D eigenvalue weighted by Crippen LogP contribution is 2.32. The van der Waals surface area contributed by atoms with Crippen molar-refractivity contribution in [3.05, 3.63) is 77.9 Å². The molecule has 1 heterocycles. The van der Waals surface area contributed by atoms with E-state index in [1.165, 1.54) is 5.39 Å². The fourth-order valence-corrected chi connectivity index (χ4v) is 4.65. The number of ether oxygens (including phenoxy) is 3. The third kappa shape index (κ3) is 5.99. The van der Waals surface area contributed by atoms with Gasteiger partial charge in [0, 0.05) is 0 Å². The molecule has 3 aromatic rings. The molecule has 0 atom stereocenters. The van der Waals surface area contributed by atoms with E-state index in [9.17, 15) is 8.42 Å². The molecule has 176 valence electrons. The summed E-state index contributed by atoms with van der Waals surface area (Å²) in [6.45, 7) is 6.62. The van der Waals surface area contributed by atoms with Crippen LogP contribution in [0.15, 0.2) is 71.6 Å². The monoisotopic (exact) mass is 470 g/mol. The molecule has 1 aliphatic heterocycles. The van der Waals surface area contributed by atoms with Crippen molar-refractivity contribution in [1.29, 1.82) is 0 Å². The number of aryl methyl sites for hydroxylation is 1. The maximum absolute atomic E-state index is 12.7. The molecule has 0 spiro atoms. The van der Waals surface area contributed by atoms with Gasteiger partial charge in [0.25, 0.3) is 10.1 Å². The van der Waals surface area contributed by atoms with Crippen LogP contribution in [0.25, 0.3) is 10.8 Å². The molecule has 1 aliphatic rings. The smallest absolute Gasteiger partial charge is 0.296 e. The molecule has 0 radical (unpaired) electrons. The van der Waals surface area contributed by atoms with Crippen LogP contribution < -0.4 is 0 Å². The lowest BCUT2D eigenvalue weighted by Crippen LogP contribution is -2.51. The average Bonchev–Trinajstić information content (AvgIpc) is 2.80. The Kier molecular flexibility index (Phi) is 6.88. The lowest BCUT2D eigenvalue weighted by molar-refractivity contribution is -0.295. The molecule has 0 N–H and O–H groups in total. The molecule has 0 amide bonds. The van der Waals surface area contributed by atoms with E-state index in [4.69, 9.17) is 18.4 Å². The Hall–Kier alpha value is -2.29. The van der Waals surface area contributed by atoms with Gasteiger partial charge in [-0.2, -0.15) is 8.42 Å². The van der Waals surface area contributed by atoms with Crippen molar-refractivity contribution in [2.24, 2.45) is 5.41 Å². The fraction of sp³-hybridized carbons (Fsp3) is 0.385. The highest BCUT2D eigenvalue weighted by Gasteiger charge is 2.42. The third-order valence-electron chi connectivity index (χ3n) is 5.77.